The molecular formula is C14H15N3S. The molecule has 4 rings (SSSR count). The maximum Gasteiger partial charge on any atom is 0.169 e. The van der Waals surface area contributed by atoms with Crippen LogP contribution in [0.25, 0.3) is 10.7 Å². The Labute approximate surface area is 110 Å². The van der Waals surface area contributed by atoms with Crippen molar-refractivity contribution < 1.29 is 0 Å². The molecule has 0 spiro atoms. The number of hydrogen-bond donors (Lipinski definition) is 1. The van der Waals surface area contributed by atoms with Crippen LogP contribution in [0.5, 0.6) is 0 Å². The standard InChI is InChI=1S/C14H15N3S/c1-2-12(18-7-1)14-16-11-5-6-15-8-10(11)13(17-14)9-3-4-9/h1-2,7,9,15H,3-6,8H2. The third-order valence-electron chi connectivity index (χ3n) is 3.67. The van der Waals surface area contributed by atoms with E-state index in [2.05, 4.69) is 22.8 Å². The van der Waals surface area contributed by atoms with Gasteiger partial charge in [-0.3, -0.25) is 0 Å². The molecule has 0 radical (unpaired) electrons. The maximum atomic E-state index is 4.85. The summed E-state index contributed by atoms with van der Waals surface area (Å²) in [6.07, 6.45) is 3.64. The minimum atomic E-state index is 0.695. The fraction of sp³-hybridized carbons (Fsp3) is 0.429. The summed E-state index contributed by atoms with van der Waals surface area (Å²) in [7, 11) is 0. The summed E-state index contributed by atoms with van der Waals surface area (Å²) < 4.78 is 0. The van der Waals surface area contributed by atoms with Gasteiger partial charge in [0.25, 0.3) is 0 Å². The molecular weight excluding hydrogens is 242 g/mol. The largest absolute Gasteiger partial charge is 0.312 e. The molecule has 2 aliphatic rings. The highest BCUT2D eigenvalue weighted by Gasteiger charge is 2.30. The first-order valence-electron chi connectivity index (χ1n) is 6.56. The fourth-order valence-electron chi connectivity index (χ4n) is 2.58. The lowest BCUT2D eigenvalue weighted by Gasteiger charge is -2.19. The molecule has 1 N–H and O–H groups in total. The third-order valence-corrected chi connectivity index (χ3v) is 4.54. The highest BCUT2D eigenvalue weighted by molar-refractivity contribution is 7.13. The van der Waals surface area contributed by atoms with E-state index in [4.69, 9.17) is 9.97 Å². The van der Waals surface area contributed by atoms with Gasteiger partial charge in [0, 0.05) is 31.0 Å². The van der Waals surface area contributed by atoms with Crippen molar-refractivity contribution in [1.29, 1.82) is 0 Å². The van der Waals surface area contributed by atoms with Gasteiger partial charge in [0.05, 0.1) is 16.3 Å². The molecule has 3 heterocycles. The maximum absolute atomic E-state index is 4.85. The van der Waals surface area contributed by atoms with Crippen LogP contribution in [-0.2, 0) is 13.0 Å². The molecule has 2 aromatic rings. The monoisotopic (exact) mass is 257 g/mol. The Morgan fingerprint density at radius 1 is 1.28 bits per heavy atom. The lowest BCUT2D eigenvalue weighted by atomic mass is 10.0. The second-order valence-electron chi connectivity index (χ2n) is 5.04. The van der Waals surface area contributed by atoms with Gasteiger partial charge < -0.3 is 5.32 Å². The van der Waals surface area contributed by atoms with Crippen molar-refractivity contribution in [2.75, 3.05) is 6.54 Å². The Hall–Kier alpha value is -1.26. The Morgan fingerprint density at radius 3 is 3.00 bits per heavy atom. The topological polar surface area (TPSA) is 37.8 Å². The lowest BCUT2D eigenvalue weighted by Crippen LogP contribution is -2.26. The zero-order valence-electron chi connectivity index (χ0n) is 10.1. The van der Waals surface area contributed by atoms with Crippen molar-refractivity contribution in [3.05, 3.63) is 34.5 Å². The van der Waals surface area contributed by atoms with Gasteiger partial charge in [0.15, 0.2) is 5.82 Å². The third kappa shape index (κ3) is 1.76. The Balaban J connectivity index is 1.87. The molecule has 1 fully saturated rings. The summed E-state index contributed by atoms with van der Waals surface area (Å²) >= 11 is 1.73. The van der Waals surface area contributed by atoms with Crippen LogP contribution in [-0.4, -0.2) is 16.5 Å². The summed E-state index contributed by atoms with van der Waals surface area (Å²) in [5.41, 5.74) is 3.97. The molecule has 0 amide bonds. The van der Waals surface area contributed by atoms with E-state index in [1.165, 1.54) is 34.7 Å². The minimum Gasteiger partial charge on any atom is -0.312 e. The molecule has 3 nitrogen and oxygen atoms in total. The zero-order valence-corrected chi connectivity index (χ0v) is 11.0. The van der Waals surface area contributed by atoms with Crippen LogP contribution in [0.3, 0.4) is 0 Å². The molecule has 2 aromatic heterocycles. The number of hydrogen-bond acceptors (Lipinski definition) is 4. The smallest absolute Gasteiger partial charge is 0.169 e. The van der Waals surface area contributed by atoms with E-state index < -0.39 is 0 Å². The van der Waals surface area contributed by atoms with E-state index in [0.29, 0.717) is 5.92 Å². The number of rotatable bonds is 2. The summed E-state index contributed by atoms with van der Waals surface area (Å²) in [4.78, 5) is 10.8. The van der Waals surface area contributed by atoms with Gasteiger partial charge in [-0.1, -0.05) is 6.07 Å². The highest BCUT2D eigenvalue weighted by Crippen LogP contribution is 2.42. The van der Waals surface area contributed by atoms with E-state index in [9.17, 15) is 0 Å². The first-order chi connectivity index (χ1) is 8.92. The fourth-order valence-corrected chi connectivity index (χ4v) is 3.24. The molecule has 92 valence electrons. The van der Waals surface area contributed by atoms with E-state index in [0.717, 1.165) is 25.3 Å². The molecule has 1 saturated carbocycles. The second-order valence-corrected chi connectivity index (χ2v) is 5.98. The van der Waals surface area contributed by atoms with Crippen molar-refractivity contribution in [3.63, 3.8) is 0 Å². The minimum absolute atomic E-state index is 0.695. The van der Waals surface area contributed by atoms with Crippen LogP contribution in [0.15, 0.2) is 17.5 Å². The predicted molar refractivity (Wildman–Crippen MR) is 72.7 cm³/mol. The quantitative estimate of drug-likeness (QED) is 0.899. The van der Waals surface area contributed by atoms with Crippen LogP contribution >= 0.6 is 11.3 Å². The van der Waals surface area contributed by atoms with Crippen molar-refractivity contribution >= 4 is 11.3 Å². The van der Waals surface area contributed by atoms with E-state index in [-0.39, 0.29) is 0 Å². The number of thiophene rings is 1. The molecule has 0 atom stereocenters. The summed E-state index contributed by atoms with van der Waals surface area (Å²) in [5.74, 6) is 1.63. The SMILES string of the molecule is c1csc(-c2nc3c(c(C4CC4)n2)CNCC3)c1. The zero-order chi connectivity index (χ0) is 11.9. The molecule has 0 unspecified atom stereocenters. The molecule has 1 aliphatic heterocycles. The van der Waals surface area contributed by atoms with Crippen molar-refractivity contribution in [2.24, 2.45) is 0 Å². The molecule has 4 heteroatoms. The van der Waals surface area contributed by atoms with Crippen LogP contribution in [0.4, 0.5) is 0 Å². The van der Waals surface area contributed by atoms with Gasteiger partial charge in [-0.05, 0) is 24.3 Å². The van der Waals surface area contributed by atoms with Gasteiger partial charge in [-0.2, -0.15) is 0 Å². The average Bonchev–Trinajstić information content (AvgIpc) is 3.12. The molecule has 0 aromatic carbocycles. The van der Waals surface area contributed by atoms with Crippen LogP contribution < -0.4 is 5.32 Å². The highest BCUT2D eigenvalue weighted by atomic mass is 32.1. The van der Waals surface area contributed by atoms with Crippen LogP contribution in [0.1, 0.15) is 35.7 Å². The van der Waals surface area contributed by atoms with Crippen molar-refractivity contribution in [1.82, 2.24) is 15.3 Å². The van der Waals surface area contributed by atoms with Gasteiger partial charge in [0.1, 0.15) is 0 Å². The summed E-state index contributed by atoms with van der Waals surface area (Å²) in [5, 5.41) is 5.53. The van der Waals surface area contributed by atoms with Gasteiger partial charge in [0.2, 0.25) is 0 Å². The van der Waals surface area contributed by atoms with E-state index in [1.54, 1.807) is 11.3 Å². The predicted octanol–water partition coefficient (Wildman–Crippen LogP) is 2.73. The molecule has 0 saturated heterocycles. The second kappa shape index (κ2) is 4.14. The van der Waals surface area contributed by atoms with Crippen molar-refractivity contribution in [3.8, 4) is 10.7 Å². The summed E-state index contributed by atoms with van der Waals surface area (Å²) in [6.45, 7) is 1.99. The van der Waals surface area contributed by atoms with Gasteiger partial charge in [-0.25, -0.2) is 9.97 Å². The number of nitrogens with zero attached hydrogens (tertiary/aromatic N) is 2. The van der Waals surface area contributed by atoms with E-state index in [1.807, 2.05) is 0 Å². The summed E-state index contributed by atoms with van der Waals surface area (Å²) in [6, 6.07) is 4.19. The van der Waals surface area contributed by atoms with Gasteiger partial charge in [-0.15, -0.1) is 11.3 Å². The van der Waals surface area contributed by atoms with E-state index >= 15 is 0 Å². The van der Waals surface area contributed by atoms with Crippen LogP contribution in [0, 0.1) is 0 Å². The first-order valence-corrected chi connectivity index (χ1v) is 7.44. The Morgan fingerprint density at radius 2 is 2.22 bits per heavy atom. The number of nitrogens with one attached hydrogen (secondary N) is 1. The lowest BCUT2D eigenvalue weighted by molar-refractivity contribution is 0.617. The first kappa shape index (κ1) is 10.6. The number of aromatic nitrogens is 2. The van der Waals surface area contributed by atoms with Crippen molar-refractivity contribution in [2.45, 2.75) is 31.7 Å². The molecule has 18 heavy (non-hydrogen) atoms. The Bertz CT molecular complexity index is 573. The molecule has 1 aliphatic carbocycles. The number of fused-ring (bicyclic) bond motifs is 1. The average molecular weight is 257 g/mol. The molecule has 0 bridgehead atoms. The van der Waals surface area contributed by atoms with Crippen LogP contribution in [0.2, 0.25) is 0 Å². The Kier molecular flexibility index (Phi) is 2.45. The normalized spacial score (nSPS) is 18.7. The van der Waals surface area contributed by atoms with Gasteiger partial charge >= 0.3 is 0 Å².